The lowest BCUT2D eigenvalue weighted by Crippen LogP contribution is -2.57. The molecule has 0 amide bonds. The predicted molar refractivity (Wildman–Crippen MR) is 150 cm³/mol. The van der Waals surface area contributed by atoms with Gasteiger partial charge < -0.3 is 24.4 Å². The number of para-hydroxylation sites is 2. The van der Waals surface area contributed by atoms with Gasteiger partial charge in [-0.25, -0.2) is 0 Å². The van der Waals surface area contributed by atoms with Crippen LogP contribution in [0.15, 0.2) is 76.4 Å². The van der Waals surface area contributed by atoms with E-state index in [-0.39, 0.29) is 18.6 Å². The number of ether oxygens (including phenoxy) is 1. The fraction of sp³-hybridized carbons (Fsp3) is 0.375. The second-order valence-electron chi connectivity index (χ2n) is 11.2. The Balaban J connectivity index is 1.29. The third kappa shape index (κ3) is 4.47. The summed E-state index contributed by atoms with van der Waals surface area (Å²) in [7, 11) is 0. The maximum Gasteiger partial charge on any atom is 0.134 e. The van der Waals surface area contributed by atoms with Gasteiger partial charge in [0.25, 0.3) is 0 Å². The summed E-state index contributed by atoms with van der Waals surface area (Å²) in [6.45, 7) is 6.02. The number of aliphatic hydroxyl groups excluding tert-OH is 2. The number of rotatable bonds is 7. The van der Waals surface area contributed by atoms with E-state index in [9.17, 15) is 10.2 Å². The van der Waals surface area contributed by atoms with E-state index in [0.717, 1.165) is 40.7 Å². The molecule has 6 rings (SSSR count). The van der Waals surface area contributed by atoms with Gasteiger partial charge in [0, 0.05) is 39.0 Å². The van der Waals surface area contributed by atoms with Crippen LogP contribution < -0.4 is 5.32 Å². The molecule has 3 atom stereocenters. The number of nitrogens with one attached hydrogen (secondary N) is 2. The number of aryl methyl sites for hydroxylation is 2. The fourth-order valence-corrected chi connectivity index (χ4v) is 6.07. The van der Waals surface area contributed by atoms with Crippen LogP contribution in [0.5, 0.6) is 0 Å². The number of aromatic amines is 1. The Kier molecular flexibility index (Phi) is 6.42. The van der Waals surface area contributed by atoms with E-state index in [0.29, 0.717) is 18.6 Å². The maximum atomic E-state index is 11.6. The van der Waals surface area contributed by atoms with Gasteiger partial charge in [0.1, 0.15) is 23.3 Å². The van der Waals surface area contributed by atoms with Crippen LogP contribution >= 0.6 is 0 Å². The Bertz CT molecular complexity index is 1510. The maximum absolute atomic E-state index is 11.6. The van der Waals surface area contributed by atoms with E-state index in [1.165, 1.54) is 22.2 Å². The number of aliphatic hydroxyl groups is 2. The van der Waals surface area contributed by atoms with E-state index < -0.39 is 11.8 Å². The van der Waals surface area contributed by atoms with Gasteiger partial charge in [0.05, 0.1) is 12.7 Å². The minimum Gasteiger partial charge on any atom is -0.491 e. The van der Waals surface area contributed by atoms with Crippen LogP contribution in [0.1, 0.15) is 55.2 Å². The highest BCUT2D eigenvalue weighted by Gasteiger charge is 2.39. The summed E-state index contributed by atoms with van der Waals surface area (Å²) in [5, 5.41) is 28.0. The highest BCUT2D eigenvalue weighted by Crippen LogP contribution is 2.39. The van der Waals surface area contributed by atoms with Gasteiger partial charge in [-0.3, -0.25) is 5.32 Å². The number of aromatic nitrogens is 1. The minimum atomic E-state index is -0.971. The van der Waals surface area contributed by atoms with Crippen molar-refractivity contribution >= 4 is 21.9 Å². The van der Waals surface area contributed by atoms with E-state index in [2.05, 4.69) is 47.6 Å². The topological polar surface area (TPSA) is 90.7 Å². The van der Waals surface area contributed by atoms with Gasteiger partial charge in [-0.2, -0.15) is 0 Å². The molecular weight excluding hydrogens is 476 g/mol. The van der Waals surface area contributed by atoms with Crippen LogP contribution in [0.3, 0.4) is 0 Å². The first kappa shape index (κ1) is 25.0. The smallest absolute Gasteiger partial charge is 0.134 e. The zero-order valence-electron chi connectivity index (χ0n) is 22.3. The molecule has 0 fully saturated rings. The van der Waals surface area contributed by atoms with Crippen molar-refractivity contribution in [3.8, 4) is 0 Å². The molecule has 2 aliphatic carbocycles. The number of furan rings is 1. The number of benzene rings is 2. The van der Waals surface area contributed by atoms with Crippen molar-refractivity contribution in [1.82, 2.24) is 10.3 Å². The normalized spacial score (nSPS) is 22.4. The van der Waals surface area contributed by atoms with E-state index in [1.54, 1.807) is 0 Å². The van der Waals surface area contributed by atoms with Gasteiger partial charge in [0.15, 0.2) is 0 Å². The van der Waals surface area contributed by atoms with E-state index >= 15 is 0 Å². The zero-order chi connectivity index (χ0) is 26.4. The van der Waals surface area contributed by atoms with Crippen molar-refractivity contribution in [2.75, 3.05) is 6.61 Å². The molecule has 0 saturated heterocycles. The number of fused-ring (bicyclic) bond motifs is 4. The molecule has 0 aliphatic heterocycles. The first-order chi connectivity index (χ1) is 18.4. The Morgan fingerprint density at radius 1 is 1.18 bits per heavy atom. The molecule has 38 heavy (non-hydrogen) atoms. The van der Waals surface area contributed by atoms with Crippen molar-refractivity contribution in [1.29, 1.82) is 0 Å². The molecule has 6 nitrogen and oxygen atoms in total. The third-order valence-corrected chi connectivity index (χ3v) is 8.09. The van der Waals surface area contributed by atoms with Crippen molar-refractivity contribution in [3.05, 3.63) is 94.6 Å². The van der Waals surface area contributed by atoms with Crippen molar-refractivity contribution in [2.24, 2.45) is 0 Å². The zero-order valence-corrected chi connectivity index (χ0v) is 22.3. The van der Waals surface area contributed by atoms with Gasteiger partial charge in [-0.05, 0) is 75.8 Å². The summed E-state index contributed by atoms with van der Waals surface area (Å²) in [5.74, 6) is 1.52. The van der Waals surface area contributed by atoms with Crippen molar-refractivity contribution in [2.45, 2.75) is 70.2 Å². The summed E-state index contributed by atoms with van der Waals surface area (Å²) in [4.78, 5) is 3.61. The minimum absolute atomic E-state index is 0.0204. The van der Waals surface area contributed by atoms with Gasteiger partial charge in [0.2, 0.25) is 0 Å². The standard InChI is InChI=1S/C32H36N2O4/c1-19(2)37-28-12-11-22(29-16-21-8-4-5-10-27(21)38-29)15-24(28)31(36)34-32(18-35)14-13-26-25(17-32)23-9-6-7-20(3)30(23)33-26/h4-12,16,19,22,31,33-36H,13-15,17-18H2,1-3H3. The largest absolute Gasteiger partial charge is 0.491 e. The molecule has 0 saturated carbocycles. The lowest BCUT2D eigenvalue weighted by atomic mass is 9.79. The van der Waals surface area contributed by atoms with E-state index in [1.807, 2.05) is 44.2 Å². The van der Waals surface area contributed by atoms with Crippen LogP contribution in [-0.2, 0) is 17.6 Å². The van der Waals surface area contributed by atoms with Crippen LogP contribution in [-0.4, -0.2) is 39.7 Å². The molecule has 4 N–H and O–H groups in total. The van der Waals surface area contributed by atoms with E-state index in [4.69, 9.17) is 9.15 Å². The molecule has 0 spiro atoms. The monoisotopic (exact) mass is 512 g/mol. The summed E-state index contributed by atoms with van der Waals surface area (Å²) < 4.78 is 12.3. The second-order valence-corrected chi connectivity index (χ2v) is 11.2. The number of hydrogen-bond donors (Lipinski definition) is 4. The lowest BCUT2D eigenvalue weighted by Gasteiger charge is -2.40. The average Bonchev–Trinajstić information content (AvgIpc) is 3.51. The number of hydrogen-bond acceptors (Lipinski definition) is 5. The second kappa shape index (κ2) is 9.77. The average molecular weight is 513 g/mol. The van der Waals surface area contributed by atoms with Gasteiger partial charge in [-0.15, -0.1) is 0 Å². The summed E-state index contributed by atoms with van der Waals surface area (Å²) in [6.07, 6.45) is 5.76. The molecule has 198 valence electrons. The molecule has 2 aromatic heterocycles. The Morgan fingerprint density at radius 3 is 2.82 bits per heavy atom. The number of H-pyrrole nitrogens is 1. The highest BCUT2D eigenvalue weighted by atomic mass is 16.5. The SMILES string of the molecule is Cc1cccc2c3c([nH]c12)CCC(CO)(NC(O)C1=C(OC(C)C)C=CC(c2cc4ccccc4o2)C1)C3. The molecule has 2 aliphatic rings. The molecule has 2 aromatic carbocycles. The molecule has 4 aromatic rings. The van der Waals surface area contributed by atoms with Crippen LogP contribution in [0.2, 0.25) is 0 Å². The van der Waals surface area contributed by atoms with Crippen LogP contribution in [0.4, 0.5) is 0 Å². The number of allylic oxidation sites excluding steroid dienone is 2. The van der Waals surface area contributed by atoms with Gasteiger partial charge in [-0.1, -0.05) is 42.5 Å². The van der Waals surface area contributed by atoms with Crippen molar-refractivity contribution < 1.29 is 19.4 Å². The highest BCUT2D eigenvalue weighted by molar-refractivity contribution is 5.87. The van der Waals surface area contributed by atoms with Crippen LogP contribution in [0.25, 0.3) is 21.9 Å². The Hall–Kier alpha value is -3.32. The Morgan fingerprint density at radius 2 is 2.03 bits per heavy atom. The first-order valence-corrected chi connectivity index (χ1v) is 13.6. The first-order valence-electron chi connectivity index (χ1n) is 13.6. The summed E-state index contributed by atoms with van der Waals surface area (Å²) >= 11 is 0. The predicted octanol–water partition coefficient (Wildman–Crippen LogP) is 5.77. The lowest BCUT2D eigenvalue weighted by molar-refractivity contribution is 0.0613. The molecule has 3 unspecified atom stereocenters. The van der Waals surface area contributed by atoms with Crippen LogP contribution in [0, 0.1) is 6.92 Å². The quantitative estimate of drug-likeness (QED) is 0.236. The Labute approximate surface area is 223 Å². The van der Waals surface area contributed by atoms with Crippen molar-refractivity contribution in [3.63, 3.8) is 0 Å². The molecule has 2 heterocycles. The third-order valence-electron chi connectivity index (χ3n) is 8.09. The van der Waals surface area contributed by atoms with Gasteiger partial charge >= 0.3 is 0 Å². The summed E-state index contributed by atoms with van der Waals surface area (Å²) in [6, 6.07) is 16.4. The molecular formula is C32H36N2O4. The molecule has 0 bridgehead atoms. The fourth-order valence-electron chi connectivity index (χ4n) is 6.07. The molecule has 6 heteroatoms. The summed E-state index contributed by atoms with van der Waals surface area (Å²) in [5.41, 5.74) is 5.81. The molecule has 0 radical (unpaired) electrons.